The number of nitrogens with one attached hydrogen (secondary N) is 1. The molecule has 0 radical (unpaired) electrons. The van der Waals surface area contributed by atoms with E-state index in [-0.39, 0.29) is 17.0 Å². The predicted octanol–water partition coefficient (Wildman–Crippen LogP) is 2.77. The van der Waals surface area contributed by atoms with Gasteiger partial charge in [0.25, 0.3) is 0 Å². The zero-order valence-electron chi connectivity index (χ0n) is 10.7. The van der Waals surface area contributed by atoms with Crippen molar-refractivity contribution in [3.05, 3.63) is 30.1 Å². The molecule has 0 saturated carbocycles. The number of nitrogens with zero attached hydrogens (tertiary/aromatic N) is 2. The molecule has 0 saturated heterocycles. The maximum absolute atomic E-state index is 12.8. The van der Waals surface area contributed by atoms with E-state index in [4.69, 9.17) is 5.73 Å². The molecule has 2 rings (SSSR count). The summed E-state index contributed by atoms with van der Waals surface area (Å²) in [6.07, 6.45) is 0.636. The summed E-state index contributed by atoms with van der Waals surface area (Å²) in [6.45, 7) is 1.91. The topological polar surface area (TPSA) is 80.9 Å². The number of amides is 1. The monoisotopic (exact) mass is 312 g/mol. The van der Waals surface area contributed by atoms with Crippen molar-refractivity contribution >= 4 is 39.8 Å². The first kappa shape index (κ1) is 14.7. The summed E-state index contributed by atoms with van der Waals surface area (Å²) in [5.74, 6) is -0.494. The number of aromatic nitrogens is 2. The third kappa shape index (κ3) is 3.91. The molecule has 1 amide bonds. The van der Waals surface area contributed by atoms with Gasteiger partial charge in [-0.25, -0.2) is 4.39 Å². The Morgan fingerprint density at radius 2 is 2.15 bits per heavy atom. The van der Waals surface area contributed by atoms with Crippen molar-refractivity contribution in [3.63, 3.8) is 0 Å². The van der Waals surface area contributed by atoms with Crippen molar-refractivity contribution < 1.29 is 9.18 Å². The Balaban J connectivity index is 2.00. The van der Waals surface area contributed by atoms with Crippen LogP contribution in [0.4, 0.5) is 15.2 Å². The van der Waals surface area contributed by atoms with Gasteiger partial charge in [0, 0.05) is 5.69 Å². The van der Waals surface area contributed by atoms with Gasteiger partial charge in [-0.1, -0.05) is 30.0 Å². The number of hydrogen-bond acceptors (Lipinski definition) is 6. The van der Waals surface area contributed by atoms with Crippen molar-refractivity contribution in [1.29, 1.82) is 0 Å². The van der Waals surface area contributed by atoms with Crippen LogP contribution in [0.1, 0.15) is 13.3 Å². The molecule has 0 aliphatic rings. The predicted molar refractivity (Wildman–Crippen MR) is 79.3 cm³/mol. The maximum atomic E-state index is 12.8. The Kier molecular flexibility index (Phi) is 4.91. The molecule has 1 heterocycles. The Hall–Kier alpha value is -1.67. The summed E-state index contributed by atoms with van der Waals surface area (Å²) >= 11 is 2.56. The molecular weight excluding hydrogens is 299 g/mol. The quantitative estimate of drug-likeness (QED) is 0.830. The van der Waals surface area contributed by atoms with Gasteiger partial charge in [0.2, 0.25) is 11.0 Å². The van der Waals surface area contributed by atoms with Gasteiger partial charge in [-0.3, -0.25) is 4.79 Å². The number of carbonyl (C=O) groups excluding carboxylic acids is 1. The lowest BCUT2D eigenvalue weighted by molar-refractivity contribution is -0.115. The Morgan fingerprint density at radius 1 is 1.45 bits per heavy atom. The number of hydrogen-bond donors (Lipinski definition) is 2. The van der Waals surface area contributed by atoms with Crippen LogP contribution in [0.25, 0.3) is 0 Å². The van der Waals surface area contributed by atoms with E-state index in [1.165, 1.54) is 47.4 Å². The number of halogens is 1. The number of thioether (sulfide) groups is 1. The molecule has 106 valence electrons. The average Bonchev–Trinajstić information content (AvgIpc) is 2.84. The van der Waals surface area contributed by atoms with Crippen LogP contribution in [0.15, 0.2) is 28.6 Å². The van der Waals surface area contributed by atoms with Crippen LogP contribution >= 0.6 is 23.1 Å². The van der Waals surface area contributed by atoms with Crippen LogP contribution in [-0.4, -0.2) is 21.4 Å². The summed E-state index contributed by atoms with van der Waals surface area (Å²) < 4.78 is 13.5. The number of nitrogens with two attached hydrogens (primary N) is 1. The van der Waals surface area contributed by atoms with Crippen LogP contribution in [-0.2, 0) is 4.79 Å². The number of carbonyl (C=O) groups is 1. The fourth-order valence-corrected chi connectivity index (χ4v) is 3.27. The minimum atomic E-state index is -0.339. The minimum Gasteiger partial charge on any atom is -0.374 e. The van der Waals surface area contributed by atoms with E-state index in [0.717, 1.165) is 0 Å². The molecule has 0 fully saturated rings. The fraction of sp³-hybridized carbons (Fsp3) is 0.250. The SMILES string of the molecule is CCC(Sc1nnc(N)s1)C(=O)Nc1ccc(F)cc1. The second-order valence-corrected chi connectivity index (χ2v) is 6.38. The highest BCUT2D eigenvalue weighted by molar-refractivity contribution is 8.02. The lowest BCUT2D eigenvalue weighted by atomic mass is 10.2. The van der Waals surface area contributed by atoms with E-state index in [1.54, 1.807) is 0 Å². The van der Waals surface area contributed by atoms with Gasteiger partial charge in [-0.05, 0) is 30.7 Å². The summed E-state index contributed by atoms with van der Waals surface area (Å²) in [7, 11) is 0. The van der Waals surface area contributed by atoms with Gasteiger partial charge in [-0.2, -0.15) is 0 Å². The molecule has 1 aromatic heterocycles. The summed E-state index contributed by atoms with van der Waals surface area (Å²) in [6, 6.07) is 5.64. The molecule has 1 unspecified atom stereocenters. The highest BCUT2D eigenvalue weighted by atomic mass is 32.2. The van der Waals surface area contributed by atoms with Crippen LogP contribution in [0, 0.1) is 5.82 Å². The van der Waals surface area contributed by atoms with Gasteiger partial charge in [-0.15, -0.1) is 10.2 Å². The first-order valence-corrected chi connectivity index (χ1v) is 7.60. The van der Waals surface area contributed by atoms with Crippen molar-refractivity contribution in [2.75, 3.05) is 11.1 Å². The zero-order chi connectivity index (χ0) is 14.5. The van der Waals surface area contributed by atoms with E-state index in [1.807, 2.05) is 6.92 Å². The van der Waals surface area contributed by atoms with Gasteiger partial charge in [0.15, 0.2) is 4.34 Å². The Morgan fingerprint density at radius 3 is 2.70 bits per heavy atom. The van der Waals surface area contributed by atoms with E-state index in [0.29, 0.717) is 21.6 Å². The normalized spacial score (nSPS) is 12.1. The molecule has 0 aliphatic heterocycles. The van der Waals surface area contributed by atoms with E-state index >= 15 is 0 Å². The lowest BCUT2D eigenvalue weighted by Gasteiger charge is -2.12. The zero-order valence-corrected chi connectivity index (χ0v) is 12.3. The summed E-state index contributed by atoms with van der Waals surface area (Å²) in [4.78, 5) is 12.1. The Bertz CT molecular complexity index is 587. The molecule has 3 N–H and O–H groups in total. The van der Waals surface area contributed by atoms with Crippen molar-refractivity contribution in [3.8, 4) is 0 Å². The number of rotatable bonds is 5. The van der Waals surface area contributed by atoms with Crippen LogP contribution in [0.5, 0.6) is 0 Å². The first-order chi connectivity index (χ1) is 9.58. The van der Waals surface area contributed by atoms with E-state index in [2.05, 4.69) is 15.5 Å². The standard InChI is InChI=1S/C12H13FN4OS2/c1-2-9(19-12-17-16-11(14)20-12)10(18)15-8-5-3-7(13)4-6-8/h3-6,9H,2H2,1H3,(H2,14,16)(H,15,18). The lowest BCUT2D eigenvalue weighted by Crippen LogP contribution is -2.24. The molecule has 0 spiro atoms. The largest absolute Gasteiger partial charge is 0.374 e. The molecule has 20 heavy (non-hydrogen) atoms. The Labute approximate surface area is 123 Å². The third-order valence-electron chi connectivity index (χ3n) is 2.44. The number of anilines is 2. The number of nitrogen functional groups attached to an aromatic ring is 1. The molecule has 2 aromatic rings. The second kappa shape index (κ2) is 6.67. The third-order valence-corrected chi connectivity index (χ3v) is 4.64. The summed E-state index contributed by atoms with van der Waals surface area (Å²) in [5, 5.41) is 10.4. The smallest absolute Gasteiger partial charge is 0.237 e. The van der Waals surface area contributed by atoms with Crippen LogP contribution < -0.4 is 11.1 Å². The first-order valence-electron chi connectivity index (χ1n) is 5.90. The highest BCUT2D eigenvalue weighted by Gasteiger charge is 2.20. The number of benzene rings is 1. The van der Waals surface area contributed by atoms with Crippen LogP contribution in [0.2, 0.25) is 0 Å². The molecule has 1 aromatic carbocycles. The fourth-order valence-electron chi connectivity index (χ4n) is 1.47. The van der Waals surface area contributed by atoms with Gasteiger partial charge >= 0.3 is 0 Å². The molecule has 1 atom stereocenters. The van der Waals surface area contributed by atoms with Gasteiger partial charge in [0.05, 0.1) is 5.25 Å². The minimum absolute atomic E-state index is 0.155. The van der Waals surface area contributed by atoms with Crippen molar-refractivity contribution in [1.82, 2.24) is 10.2 Å². The van der Waals surface area contributed by atoms with E-state index in [9.17, 15) is 9.18 Å². The van der Waals surface area contributed by atoms with E-state index < -0.39 is 0 Å². The van der Waals surface area contributed by atoms with Crippen LogP contribution in [0.3, 0.4) is 0 Å². The van der Waals surface area contributed by atoms with Crippen molar-refractivity contribution in [2.24, 2.45) is 0 Å². The van der Waals surface area contributed by atoms with Crippen molar-refractivity contribution in [2.45, 2.75) is 22.9 Å². The molecule has 0 bridgehead atoms. The summed E-state index contributed by atoms with van der Waals surface area (Å²) in [5.41, 5.74) is 6.07. The molecule has 5 nitrogen and oxygen atoms in total. The van der Waals surface area contributed by atoms with Gasteiger partial charge in [0.1, 0.15) is 5.82 Å². The average molecular weight is 312 g/mol. The molecule has 8 heteroatoms. The highest BCUT2D eigenvalue weighted by Crippen LogP contribution is 2.29. The molecular formula is C12H13FN4OS2. The van der Waals surface area contributed by atoms with Gasteiger partial charge < -0.3 is 11.1 Å². The second-order valence-electron chi connectivity index (χ2n) is 3.92. The maximum Gasteiger partial charge on any atom is 0.237 e. The molecule has 0 aliphatic carbocycles.